The molecule has 7 heteroatoms. The van der Waals surface area contributed by atoms with Gasteiger partial charge in [-0.1, -0.05) is 78.9 Å². The molecule has 0 saturated heterocycles. The Kier molecular flexibility index (Phi) is 7.82. The number of hydrogen-bond donors (Lipinski definition) is 0. The molecular weight excluding hydrogens is 742 g/mol. The van der Waals surface area contributed by atoms with Gasteiger partial charge in [0, 0.05) is 50.0 Å². The molecule has 2 aromatic heterocycles. The summed E-state index contributed by atoms with van der Waals surface area (Å²) in [5.74, 6) is 0. The Morgan fingerprint density at radius 3 is 1.36 bits per heavy atom. The van der Waals surface area contributed by atoms with E-state index in [2.05, 4.69) is 109 Å². The molecule has 0 amide bonds. The lowest BCUT2D eigenvalue weighted by atomic mass is 10.0. The van der Waals surface area contributed by atoms with Gasteiger partial charge in [-0.15, -0.1) is 0 Å². The fourth-order valence-corrected chi connectivity index (χ4v) is 8.54. The third kappa shape index (κ3) is 5.77. The van der Waals surface area contributed by atoms with Gasteiger partial charge in [-0.25, -0.2) is 0 Å². The molecule has 2 heterocycles. The second-order valence-corrected chi connectivity index (χ2v) is 14.9. The van der Waals surface area contributed by atoms with Gasteiger partial charge in [0.25, 0.3) is 0 Å². The van der Waals surface area contributed by atoms with E-state index in [1.165, 1.54) is 17.7 Å². The van der Waals surface area contributed by atoms with Crippen LogP contribution >= 0.6 is 0 Å². The van der Waals surface area contributed by atoms with Gasteiger partial charge < -0.3 is 18.6 Å². The van der Waals surface area contributed by atoms with E-state index in [0.717, 1.165) is 71.8 Å². The van der Waals surface area contributed by atoms with E-state index in [4.69, 9.17) is 8.83 Å². The van der Waals surface area contributed by atoms with Crippen molar-refractivity contribution in [3.63, 3.8) is 0 Å². The second kappa shape index (κ2) is 13.3. The number of anilines is 6. The minimum atomic E-state index is -4.54. The molecule has 0 saturated carbocycles. The zero-order chi connectivity index (χ0) is 39.8. The van der Waals surface area contributed by atoms with Gasteiger partial charge in [0.15, 0.2) is 11.2 Å². The van der Waals surface area contributed by atoms with Crippen molar-refractivity contribution >= 4 is 99.5 Å². The van der Waals surface area contributed by atoms with E-state index in [-0.39, 0.29) is 5.69 Å². The predicted molar refractivity (Wildman–Crippen MR) is 235 cm³/mol. The van der Waals surface area contributed by atoms with Crippen molar-refractivity contribution in [2.45, 2.75) is 13.1 Å². The average molecular weight is 775 g/mol. The lowest BCUT2D eigenvalue weighted by molar-refractivity contribution is -0.137. The summed E-state index contributed by atoms with van der Waals surface area (Å²) in [6, 6.07) is 58.3. The third-order valence-electron chi connectivity index (χ3n) is 11.3. The third-order valence-corrected chi connectivity index (χ3v) is 11.3. The lowest BCUT2D eigenvalue weighted by Crippen LogP contribution is -2.16. The van der Waals surface area contributed by atoms with E-state index in [0.29, 0.717) is 28.1 Å². The van der Waals surface area contributed by atoms with Crippen molar-refractivity contribution in [2.24, 2.45) is 0 Å². The van der Waals surface area contributed by atoms with E-state index in [9.17, 15) is 13.2 Å². The van der Waals surface area contributed by atoms with E-state index in [1.807, 2.05) is 60.7 Å². The number of rotatable bonds is 6. The predicted octanol–water partition coefficient (Wildman–Crippen LogP) is 16.1. The number of fused-ring (bicyclic) bond motifs is 9. The highest BCUT2D eigenvalue weighted by atomic mass is 19.4. The van der Waals surface area contributed by atoms with Crippen molar-refractivity contribution in [3.8, 4) is 0 Å². The summed E-state index contributed by atoms with van der Waals surface area (Å²) in [6.45, 7) is 2.13. The normalized spacial score (nSPS) is 12.1. The summed E-state index contributed by atoms with van der Waals surface area (Å²) < 4.78 is 56.3. The van der Waals surface area contributed by atoms with E-state index < -0.39 is 11.7 Å². The summed E-state index contributed by atoms with van der Waals surface area (Å²) in [6.07, 6.45) is -4.54. The molecule has 0 N–H and O–H groups in total. The van der Waals surface area contributed by atoms with Crippen LogP contribution in [0.5, 0.6) is 0 Å². The molecule has 0 bridgehead atoms. The van der Waals surface area contributed by atoms with Crippen LogP contribution in [0, 0.1) is 6.92 Å². The zero-order valence-corrected chi connectivity index (χ0v) is 31.7. The molecule has 0 unspecified atom stereocenters. The zero-order valence-electron chi connectivity index (χ0n) is 31.7. The van der Waals surface area contributed by atoms with Crippen LogP contribution in [0.4, 0.5) is 47.3 Å². The van der Waals surface area contributed by atoms with Crippen molar-refractivity contribution < 1.29 is 22.0 Å². The fraction of sp³-hybridized carbons (Fsp3) is 0.0385. The summed E-state index contributed by atoms with van der Waals surface area (Å²) in [7, 11) is 0. The number of furan rings is 2. The molecule has 0 radical (unpaired) electrons. The van der Waals surface area contributed by atoms with E-state index >= 15 is 0 Å². The van der Waals surface area contributed by atoms with Gasteiger partial charge >= 0.3 is 6.18 Å². The summed E-state index contributed by atoms with van der Waals surface area (Å²) in [5, 5.41) is 7.71. The van der Waals surface area contributed by atoms with Crippen LogP contribution < -0.4 is 9.80 Å². The molecule has 0 spiro atoms. The molecule has 59 heavy (non-hydrogen) atoms. The number of benzene rings is 9. The van der Waals surface area contributed by atoms with Crippen LogP contribution in [-0.2, 0) is 6.18 Å². The molecular formula is C52H33F3N2O2. The lowest BCUT2D eigenvalue weighted by Gasteiger charge is -2.28. The van der Waals surface area contributed by atoms with Gasteiger partial charge in [-0.3, -0.25) is 0 Å². The van der Waals surface area contributed by atoms with Crippen molar-refractivity contribution in [1.29, 1.82) is 0 Å². The van der Waals surface area contributed by atoms with Crippen molar-refractivity contribution in [2.75, 3.05) is 9.80 Å². The SMILES string of the molecule is Cc1ccccc1N(c1ccccc1)c1ccc2cc3c(cc2c1)oc1c3ccc2c3cc4ccc(N(c5ccccc5)c5ccccc5C(F)(F)F)cc4cc3oc21. The number of hydrogen-bond acceptors (Lipinski definition) is 4. The monoisotopic (exact) mass is 774 g/mol. The van der Waals surface area contributed by atoms with Gasteiger partial charge in [0.1, 0.15) is 11.2 Å². The fourth-order valence-electron chi connectivity index (χ4n) is 8.54. The Morgan fingerprint density at radius 2 is 0.847 bits per heavy atom. The molecule has 11 rings (SSSR count). The van der Waals surface area contributed by atoms with Gasteiger partial charge in [0.05, 0.1) is 11.3 Å². The summed E-state index contributed by atoms with van der Waals surface area (Å²) in [5.41, 5.74) is 7.67. The highest BCUT2D eigenvalue weighted by Gasteiger charge is 2.35. The molecule has 0 aliphatic rings. The first-order valence-corrected chi connectivity index (χ1v) is 19.4. The van der Waals surface area contributed by atoms with Gasteiger partial charge in [-0.2, -0.15) is 13.2 Å². The van der Waals surface area contributed by atoms with E-state index in [1.54, 1.807) is 11.0 Å². The van der Waals surface area contributed by atoms with Crippen molar-refractivity contribution in [3.05, 3.63) is 193 Å². The first-order valence-electron chi connectivity index (χ1n) is 19.4. The maximum absolute atomic E-state index is 14.3. The maximum Gasteiger partial charge on any atom is 0.418 e. The Balaban J connectivity index is 1.04. The summed E-state index contributed by atoms with van der Waals surface area (Å²) >= 11 is 0. The minimum Gasteiger partial charge on any atom is -0.452 e. The minimum absolute atomic E-state index is 0.0475. The number of para-hydroxylation sites is 4. The highest BCUT2D eigenvalue weighted by Crippen LogP contribution is 2.46. The van der Waals surface area contributed by atoms with Crippen LogP contribution in [0.1, 0.15) is 11.1 Å². The van der Waals surface area contributed by atoms with Gasteiger partial charge in [-0.05, 0) is 137 Å². The molecule has 9 aromatic carbocycles. The highest BCUT2D eigenvalue weighted by molar-refractivity contribution is 6.21. The quantitative estimate of drug-likeness (QED) is 0.168. The number of aryl methyl sites for hydroxylation is 1. The number of halogens is 3. The standard InChI is InChI=1S/C52H33F3N2O2/c1-32-12-8-10-18-46(32)56(37-13-4-2-5-14-37)39-22-20-33-28-43-41-24-25-42-44-29-34-21-23-40(27-36(34)31-49(44)59-51(42)50(41)58-48(43)30-35(33)26-39)57(38-15-6-3-7-16-38)47-19-11-9-17-45(47)52(53,54)55/h2-31H,1H3. The van der Waals surface area contributed by atoms with Crippen LogP contribution in [0.25, 0.3) is 65.4 Å². The van der Waals surface area contributed by atoms with Crippen molar-refractivity contribution in [1.82, 2.24) is 0 Å². The topological polar surface area (TPSA) is 32.8 Å². The smallest absolute Gasteiger partial charge is 0.418 e. The molecule has 0 aliphatic heterocycles. The molecule has 0 atom stereocenters. The number of alkyl halides is 3. The molecule has 4 nitrogen and oxygen atoms in total. The maximum atomic E-state index is 14.3. The van der Waals surface area contributed by atoms with Crippen LogP contribution in [0.3, 0.4) is 0 Å². The summed E-state index contributed by atoms with van der Waals surface area (Å²) in [4.78, 5) is 3.93. The Morgan fingerprint density at radius 1 is 0.390 bits per heavy atom. The Bertz CT molecular complexity index is 3410. The van der Waals surface area contributed by atoms with Crippen LogP contribution in [-0.4, -0.2) is 0 Å². The van der Waals surface area contributed by atoms with Crippen LogP contribution in [0.15, 0.2) is 191 Å². The molecule has 11 aromatic rings. The van der Waals surface area contributed by atoms with Gasteiger partial charge in [0.2, 0.25) is 0 Å². The average Bonchev–Trinajstić information content (AvgIpc) is 3.81. The Hall–Kier alpha value is -7.51. The molecule has 0 aliphatic carbocycles. The first-order chi connectivity index (χ1) is 28.8. The Labute approximate surface area is 336 Å². The first kappa shape index (κ1) is 34.7. The largest absolute Gasteiger partial charge is 0.452 e. The van der Waals surface area contributed by atoms with Crippen LogP contribution in [0.2, 0.25) is 0 Å². The number of nitrogens with zero attached hydrogens (tertiary/aromatic N) is 2. The second-order valence-electron chi connectivity index (χ2n) is 14.9. The molecule has 284 valence electrons. The molecule has 0 fully saturated rings.